The number of hydrogen-bond donors (Lipinski definition) is 2. The van der Waals surface area contributed by atoms with Crippen LogP contribution < -0.4 is 10.6 Å². The highest BCUT2D eigenvalue weighted by Gasteiger charge is 2.41. The van der Waals surface area contributed by atoms with Crippen molar-refractivity contribution >= 4 is 5.96 Å². The third-order valence-electron chi connectivity index (χ3n) is 5.17. The van der Waals surface area contributed by atoms with Gasteiger partial charge in [-0.15, -0.1) is 0 Å². The summed E-state index contributed by atoms with van der Waals surface area (Å²) in [5.41, 5.74) is -0.0406. The number of aliphatic imine (C=N–C) groups is 1. The highest BCUT2D eigenvalue weighted by atomic mass is 19.4. The van der Waals surface area contributed by atoms with Crippen molar-refractivity contribution in [3.8, 4) is 0 Å². The summed E-state index contributed by atoms with van der Waals surface area (Å²) in [5.74, 6) is -2.11. The van der Waals surface area contributed by atoms with Gasteiger partial charge < -0.3 is 15.5 Å². The molecule has 0 spiro atoms. The summed E-state index contributed by atoms with van der Waals surface area (Å²) < 4.78 is 66.6. The highest BCUT2D eigenvalue weighted by Crippen LogP contribution is 2.37. The SMILES string of the molecule is CN=C(NCC(c1c(F)cccc1F)N(C)C)NC1CCC(C(F)(F)F)CC1. The molecular formula is C19H27F5N4. The first-order chi connectivity index (χ1) is 13.1. The molecule has 158 valence electrons. The van der Waals surface area contributed by atoms with E-state index in [2.05, 4.69) is 15.6 Å². The van der Waals surface area contributed by atoms with Crippen molar-refractivity contribution in [2.75, 3.05) is 27.7 Å². The smallest absolute Gasteiger partial charge is 0.354 e. The first-order valence-electron chi connectivity index (χ1n) is 9.27. The van der Waals surface area contributed by atoms with Gasteiger partial charge in [0.15, 0.2) is 5.96 Å². The Morgan fingerprint density at radius 2 is 1.71 bits per heavy atom. The Labute approximate surface area is 162 Å². The van der Waals surface area contributed by atoms with Gasteiger partial charge in [0.2, 0.25) is 0 Å². The Bertz CT molecular complexity index is 647. The van der Waals surface area contributed by atoms with Crippen LogP contribution in [0.3, 0.4) is 0 Å². The lowest BCUT2D eigenvalue weighted by Crippen LogP contribution is -2.47. The molecule has 4 nitrogen and oxygen atoms in total. The van der Waals surface area contributed by atoms with Gasteiger partial charge in [-0.25, -0.2) is 8.78 Å². The van der Waals surface area contributed by atoms with Gasteiger partial charge in [-0.05, 0) is 51.9 Å². The summed E-state index contributed by atoms with van der Waals surface area (Å²) in [6.45, 7) is 0.183. The summed E-state index contributed by atoms with van der Waals surface area (Å²) >= 11 is 0. The molecule has 0 saturated heterocycles. The average molecular weight is 406 g/mol. The van der Waals surface area contributed by atoms with Crippen LogP contribution in [0.5, 0.6) is 0 Å². The van der Waals surface area contributed by atoms with Crippen LogP contribution in [0.25, 0.3) is 0 Å². The molecule has 1 fully saturated rings. The third kappa shape index (κ3) is 5.80. The van der Waals surface area contributed by atoms with Gasteiger partial charge in [0.1, 0.15) is 11.6 Å². The lowest BCUT2D eigenvalue weighted by atomic mass is 9.85. The summed E-state index contributed by atoms with van der Waals surface area (Å²) in [6.07, 6.45) is -3.20. The Kier molecular flexibility index (Phi) is 7.63. The van der Waals surface area contributed by atoms with Crippen LogP contribution in [0.15, 0.2) is 23.2 Å². The highest BCUT2D eigenvalue weighted by molar-refractivity contribution is 5.80. The Balaban J connectivity index is 1.95. The fourth-order valence-corrected chi connectivity index (χ4v) is 3.52. The largest absolute Gasteiger partial charge is 0.391 e. The fourth-order valence-electron chi connectivity index (χ4n) is 3.52. The number of benzene rings is 1. The number of hydrogen-bond acceptors (Lipinski definition) is 2. The van der Waals surface area contributed by atoms with E-state index in [1.54, 1.807) is 26.0 Å². The molecule has 0 bridgehead atoms. The zero-order valence-electron chi connectivity index (χ0n) is 16.3. The molecule has 2 N–H and O–H groups in total. The zero-order chi connectivity index (χ0) is 20.9. The molecule has 0 aromatic heterocycles. The summed E-state index contributed by atoms with van der Waals surface area (Å²) in [5, 5.41) is 6.15. The first kappa shape index (κ1) is 22.4. The van der Waals surface area contributed by atoms with Crippen molar-refractivity contribution in [3.63, 3.8) is 0 Å². The van der Waals surface area contributed by atoms with E-state index >= 15 is 0 Å². The van der Waals surface area contributed by atoms with Crippen LogP contribution in [0, 0.1) is 17.6 Å². The summed E-state index contributed by atoms with van der Waals surface area (Å²) in [4.78, 5) is 5.78. The number of likely N-dealkylation sites (N-methyl/N-ethyl adjacent to an activating group) is 1. The van der Waals surface area contributed by atoms with Gasteiger partial charge in [0.25, 0.3) is 0 Å². The van der Waals surface area contributed by atoms with Gasteiger partial charge in [0.05, 0.1) is 12.0 Å². The molecular weight excluding hydrogens is 379 g/mol. The topological polar surface area (TPSA) is 39.7 Å². The number of nitrogens with zero attached hydrogens (tertiary/aromatic N) is 2. The van der Waals surface area contributed by atoms with Crippen LogP contribution in [-0.2, 0) is 0 Å². The van der Waals surface area contributed by atoms with E-state index in [9.17, 15) is 22.0 Å². The van der Waals surface area contributed by atoms with E-state index in [1.165, 1.54) is 18.2 Å². The van der Waals surface area contributed by atoms with Crippen molar-refractivity contribution in [2.24, 2.45) is 10.9 Å². The zero-order valence-corrected chi connectivity index (χ0v) is 16.3. The molecule has 0 aliphatic heterocycles. The molecule has 1 unspecified atom stereocenters. The average Bonchev–Trinajstić information content (AvgIpc) is 2.62. The molecule has 28 heavy (non-hydrogen) atoms. The van der Waals surface area contributed by atoms with Crippen LogP contribution in [0.2, 0.25) is 0 Å². The predicted octanol–water partition coefficient (Wildman–Crippen LogP) is 3.85. The second kappa shape index (κ2) is 9.54. The number of nitrogens with one attached hydrogen (secondary N) is 2. The molecule has 1 aromatic rings. The maximum absolute atomic E-state index is 14.1. The van der Waals surface area contributed by atoms with Crippen LogP contribution >= 0.6 is 0 Å². The molecule has 9 heteroatoms. The molecule has 1 atom stereocenters. The predicted molar refractivity (Wildman–Crippen MR) is 99.1 cm³/mol. The number of rotatable bonds is 5. The molecule has 0 amide bonds. The summed E-state index contributed by atoms with van der Waals surface area (Å²) in [6, 6.07) is 3.03. The van der Waals surface area contributed by atoms with E-state index in [1.807, 2.05) is 0 Å². The quantitative estimate of drug-likeness (QED) is 0.443. The Hall–Kier alpha value is -1.90. The van der Waals surface area contributed by atoms with Crippen molar-refractivity contribution in [2.45, 2.75) is 43.9 Å². The maximum atomic E-state index is 14.1. The molecule has 1 aromatic carbocycles. The monoisotopic (exact) mass is 406 g/mol. The van der Waals surface area contributed by atoms with Gasteiger partial charge in [-0.3, -0.25) is 4.99 Å². The van der Waals surface area contributed by atoms with E-state index in [0.717, 1.165) is 0 Å². The first-order valence-corrected chi connectivity index (χ1v) is 9.27. The molecule has 1 aliphatic rings. The summed E-state index contributed by atoms with van der Waals surface area (Å²) in [7, 11) is 4.98. The number of halogens is 5. The Morgan fingerprint density at radius 1 is 1.14 bits per heavy atom. The Morgan fingerprint density at radius 3 is 2.18 bits per heavy atom. The van der Waals surface area contributed by atoms with E-state index < -0.39 is 29.8 Å². The molecule has 2 rings (SSSR count). The number of alkyl halides is 3. The molecule has 0 radical (unpaired) electrons. The minimum atomic E-state index is -4.15. The third-order valence-corrected chi connectivity index (χ3v) is 5.17. The lowest BCUT2D eigenvalue weighted by Gasteiger charge is -2.32. The van der Waals surface area contributed by atoms with Crippen molar-refractivity contribution < 1.29 is 22.0 Å². The lowest BCUT2D eigenvalue weighted by molar-refractivity contribution is -0.182. The molecule has 0 heterocycles. The van der Waals surface area contributed by atoms with Gasteiger partial charge >= 0.3 is 6.18 Å². The molecule has 1 aliphatic carbocycles. The fraction of sp³-hybridized carbons (Fsp3) is 0.632. The normalized spacial score (nSPS) is 22.2. The van der Waals surface area contributed by atoms with Crippen LogP contribution in [0.4, 0.5) is 22.0 Å². The van der Waals surface area contributed by atoms with Crippen molar-refractivity contribution in [1.29, 1.82) is 0 Å². The van der Waals surface area contributed by atoms with Crippen LogP contribution in [-0.4, -0.2) is 50.8 Å². The van der Waals surface area contributed by atoms with Gasteiger partial charge in [-0.2, -0.15) is 13.2 Å². The van der Waals surface area contributed by atoms with Crippen molar-refractivity contribution in [1.82, 2.24) is 15.5 Å². The van der Waals surface area contributed by atoms with E-state index in [4.69, 9.17) is 0 Å². The van der Waals surface area contributed by atoms with E-state index in [-0.39, 0.29) is 31.0 Å². The standard InChI is InChI=1S/C19H27F5N4/c1-25-18(27-13-9-7-12(8-10-13)19(22,23)24)26-11-16(28(2)3)17-14(20)5-4-6-15(17)21/h4-6,12-13,16H,7-11H2,1-3H3,(H2,25,26,27). The van der Waals surface area contributed by atoms with Crippen molar-refractivity contribution in [3.05, 3.63) is 35.4 Å². The second-order valence-corrected chi connectivity index (χ2v) is 7.30. The van der Waals surface area contributed by atoms with Crippen LogP contribution in [0.1, 0.15) is 37.3 Å². The van der Waals surface area contributed by atoms with Gasteiger partial charge in [0, 0.05) is 25.2 Å². The second-order valence-electron chi connectivity index (χ2n) is 7.30. The minimum absolute atomic E-state index is 0.0406. The minimum Gasteiger partial charge on any atom is -0.354 e. The molecule has 1 saturated carbocycles. The van der Waals surface area contributed by atoms with Gasteiger partial charge in [-0.1, -0.05) is 6.07 Å². The van der Waals surface area contributed by atoms with E-state index in [0.29, 0.717) is 18.8 Å². The maximum Gasteiger partial charge on any atom is 0.391 e. The number of guanidine groups is 1.